The summed E-state index contributed by atoms with van der Waals surface area (Å²) in [5.41, 5.74) is 3.27. The molecule has 2 aromatic rings. The van der Waals surface area contributed by atoms with Gasteiger partial charge in [-0.15, -0.1) is 0 Å². The predicted octanol–water partition coefficient (Wildman–Crippen LogP) is 3.53. The molecular formula is C17H20O4S. The molecule has 0 fully saturated rings. The molecule has 0 saturated heterocycles. The zero-order valence-corrected chi connectivity index (χ0v) is 14.0. The predicted molar refractivity (Wildman–Crippen MR) is 86.9 cm³/mol. The van der Waals surface area contributed by atoms with E-state index in [2.05, 4.69) is 0 Å². The molecular weight excluding hydrogens is 300 g/mol. The molecule has 0 aliphatic rings. The lowest BCUT2D eigenvalue weighted by atomic mass is 10.1. The van der Waals surface area contributed by atoms with Crippen LogP contribution in [0.2, 0.25) is 0 Å². The molecule has 0 saturated carbocycles. The van der Waals surface area contributed by atoms with Crippen LogP contribution >= 0.6 is 0 Å². The van der Waals surface area contributed by atoms with Crippen molar-refractivity contribution in [3.05, 3.63) is 58.7 Å². The maximum atomic E-state index is 12.3. The van der Waals surface area contributed by atoms with E-state index in [1.165, 1.54) is 0 Å². The first-order chi connectivity index (χ1) is 10.3. The number of methoxy groups -OCH3 is 1. The van der Waals surface area contributed by atoms with Gasteiger partial charge >= 0.3 is 10.1 Å². The molecule has 4 nitrogen and oxygen atoms in total. The highest BCUT2D eigenvalue weighted by molar-refractivity contribution is 7.86. The second-order valence-corrected chi connectivity index (χ2v) is 6.86. The highest BCUT2D eigenvalue weighted by Gasteiger charge is 2.18. The van der Waals surface area contributed by atoms with E-state index < -0.39 is 10.1 Å². The average Bonchev–Trinajstić information content (AvgIpc) is 2.47. The van der Waals surface area contributed by atoms with Crippen LogP contribution < -0.4 is 8.92 Å². The standard InChI is InChI=1S/C17H20O4S/c1-12-8-9-13(2)17(14(12)3)21-22(18,19)11-15-6-5-7-16(10-15)20-4/h5-10H,11H2,1-4H3. The zero-order valence-electron chi connectivity index (χ0n) is 13.2. The van der Waals surface area contributed by atoms with Gasteiger partial charge in [-0.05, 0) is 55.2 Å². The Bertz CT molecular complexity index is 779. The van der Waals surface area contributed by atoms with E-state index in [0.717, 1.165) is 16.7 Å². The van der Waals surface area contributed by atoms with Crippen molar-refractivity contribution in [2.45, 2.75) is 26.5 Å². The lowest BCUT2D eigenvalue weighted by Gasteiger charge is -2.14. The minimum atomic E-state index is -3.73. The van der Waals surface area contributed by atoms with Crippen molar-refractivity contribution in [3.63, 3.8) is 0 Å². The normalized spacial score (nSPS) is 11.3. The smallest absolute Gasteiger partial charge is 0.313 e. The SMILES string of the molecule is COc1cccc(CS(=O)(=O)Oc2c(C)ccc(C)c2C)c1. The molecule has 2 rings (SSSR count). The third-order valence-corrected chi connectivity index (χ3v) is 4.67. The minimum Gasteiger partial charge on any atom is -0.497 e. The fourth-order valence-corrected chi connectivity index (χ4v) is 3.33. The first kappa shape index (κ1) is 16.4. The Kier molecular flexibility index (Phi) is 4.76. The van der Waals surface area contributed by atoms with Gasteiger partial charge in [0.1, 0.15) is 17.3 Å². The monoisotopic (exact) mass is 320 g/mol. The molecule has 0 atom stereocenters. The zero-order chi connectivity index (χ0) is 16.3. The Morgan fingerprint density at radius 2 is 1.68 bits per heavy atom. The van der Waals surface area contributed by atoms with Gasteiger partial charge in [-0.3, -0.25) is 0 Å². The van der Waals surface area contributed by atoms with Gasteiger partial charge in [0.15, 0.2) is 0 Å². The number of rotatable bonds is 5. The molecule has 0 aliphatic carbocycles. The quantitative estimate of drug-likeness (QED) is 0.791. The molecule has 0 aromatic heterocycles. The Labute approximate surface area is 131 Å². The summed E-state index contributed by atoms with van der Waals surface area (Å²) >= 11 is 0. The first-order valence-corrected chi connectivity index (χ1v) is 8.52. The molecule has 0 bridgehead atoms. The number of hydrogen-bond donors (Lipinski definition) is 0. The number of ether oxygens (including phenoxy) is 1. The number of benzene rings is 2. The van der Waals surface area contributed by atoms with E-state index in [-0.39, 0.29) is 5.75 Å². The van der Waals surface area contributed by atoms with Crippen molar-refractivity contribution >= 4 is 10.1 Å². The van der Waals surface area contributed by atoms with Crippen LogP contribution in [0.3, 0.4) is 0 Å². The third kappa shape index (κ3) is 3.80. The first-order valence-electron chi connectivity index (χ1n) is 6.94. The topological polar surface area (TPSA) is 52.6 Å². The maximum Gasteiger partial charge on any atom is 0.313 e. The van der Waals surface area contributed by atoms with Gasteiger partial charge in [-0.25, -0.2) is 0 Å². The Morgan fingerprint density at radius 3 is 2.36 bits per heavy atom. The largest absolute Gasteiger partial charge is 0.497 e. The molecule has 118 valence electrons. The highest BCUT2D eigenvalue weighted by Crippen LogP contribution is 2.28. The van der Waals surface area contributed by atoms with Crippen LogP contribution in [0.1, 0.15) is 22.3 Å². The summed E-state index contributed by atoms with van der Waals surface area (Å²) in [4.78, 5) is 0. The van der Waals surface area contributed by atoms with Gasteiger partial charge in [0.2, 0.25) is 0 Å². The molecule has 2 aromatic carbocycles. The minimum absolute atomic E-state index is 0.197. The van der Waals surface area contributed by atoms with Crippen molar-refractivity contribution in [2.75, 3.05) is 7.11 Å². The lowest BCUT2D eigenvalue weighted by molar-refractivity contribution is 0.414. The van der Waals surface area contributed by atoms with Crippen LogP contribution in [-0.4, -0.2) is 15.5 Å². The maximum absolute atomic E-state index is 12.3. The van der Waals surface area contributed by atoms with Crippen LogP contribution in [0.25, 0.3) is 0 Å². The molecule has 0 aliphatic heterocycles. The van der Waals surface area contributed by atoms with E-state index in [4.69, 9.17) is 8.92 Å². The second-order valence-electron chi connectivity index (χ2n) is 5.29. The fraction of sp³-hybridized carbons (Fsp3) is 0.294. The summed E-state index contributed by atoms with van der Waals surface area (Å²) in [7, 11) is -2.18. The second kappa shape index (κ2) is 6.40. The summed E-state index contributed by atoms with van der Waals surface area (Å²) < 4.78 is 35.1. The fourth-order valence-electron chi connectivity index (χ4n) is 2.18. The van der Waals surface area contributed by atoms with E-state index >= 15 is 0 Å². The summed E-state index contributed by atoms with van der Waals surface area (Å²) in [6, 6.07) is 10.8. The van der Waals surface area contributed by atoms with E-state index in [9.17, 15) is 8.42 Å². The molecule has 0 unspecified atom stereocenters. The van der Waals surface area contributed by atoms with Crippen LogP contribution in [-0.2, 0) is 15.9 Å². The molecule has 0 N–H and O–H groups in total. The third-order valence-electron chi connectivity index (χ3n) is 3.56. The molecule has 0 spiro atoms. The molecule has 0 heterocycles. The summed E-state index contributed by atoms with van der Waals surface area (Å²) in [5.74, 6) is 0.843. The van der Waals surface area contributed by atoms with Crippen molar-refractivity contribution < 1.29 is 17.3 Å². The summed E-state index contributed by atoms with van der Waals surface area (Å²) in [5, 5.41) is 0. The summed E-state index contributed by atoms with van der Waals surface area (Å²) in [6.07, 6.45) is 0. The van der Waals surface area contributed by atoms with Crippen molar-refractivity contribution in [3.8, 4) is 11.5 Å². The highest BCUT2D eigenvalue weighted by atomic mass is 32.2. The van der Waals surface area contributed by atoms with Gasteiger partial charge in [0.05, 0.1) is 7.11 Å². The van der Waals surface area contributed by atoms with Gasteiger partial charge in [-0.1, -0.05) is 24.3 Å². The Balaban J connectivity index is 2.27. The van der Waals surface area contributed by atoms with Gasteiger partial charge < -0.3 is 8.92 Å². The Morgan fingerprint density at radius 1 is 1.00 bits per heavy atom. The average molecular weight is 320 g/mol. The van der Waals surface area contributed by atoms with Crippen LogP contribution in [0.4, 0.5) is 0 Å². The molecule has 0 amide bonds. The van der Waals surface area contributed by atoms with E-state index in [1.807, 2.05) is 32.9 Å². The summed E-state index contributed by atoms with van der Waals surface area (Å²) in [6.45, 7) is 5.62. The van der Waals surface area contributed by atoms with Gasteiger partial charge in [0.25, 0.3) is 0 Å². The van der Waals surface area contributed by atoms with Gasteiger partial charge in [0, 0.05) is 0 Å². The molecule has 5 heteroatoms. The molecule has 22 heavy (non-hydrogen) atoms. The van der Waals surface area contributed by atoms with Crippen LogP contribution in [0.15, 0.2) is 36.4 Å². The number of aryl methyl sites for hydroxylation is 2. The lowest BCUT2D eigenvalue weighted by Crippen LogP contribution is -2.14. The van der Waals surface area contributed by atoms with Gasteiger partial charge in [-0.2, -0.15) is 8.42 Å². The van der Waals surface area contributed by atoms with Crippen LogP contribution in [0, 0.1) is 20.8 Å². The van der Waals surface area contributed by atoms with Crippen molar-refractivity contribution in [2.24, 2.45) is 0 Å². The van der Waals surface area contributed by atoms with Crippen molar-refractivity contribution in [1.29, 1.82) is 0 Å². The van der Waals surface area contributed by atoms with Crippen molar-refractivity contribution in [1.82, 2.24) is 0 Å². The van der Waals surface area contributed by atoms with E-state index in [0.29, 0.717) is 17.1 Å². The van der Waals surface area contributed by atoms with Crippen LogP contribution in [0.5, 0.6) is 11.5 Å². The molecule has 0 radical (unpaired) electrons. The Hall–Kier alpha value is -2.01. The number of hydrogen-bond acceptors (Lipinski definition) is 4. The van der Waals surface area contributed by atoms with E-state index in [1.54, 1.807) is 31.4 Å².